The van der Waals surface area contributed by atoms with Gasteiger partial charge in [0.05, 0.1) is 23.6 Å². The number of benzene rings is 1. The van der Waals surface area contributed by atoms with Crippen molar-refractivity contribution in [1.29, 1.82) is 0 Å². The average Bonchev–Trinajstić information content (AvgIpc) is 2.88. The molecule has 1 aromatic carbocycles. The summed E-state index contributed by atoms with van der Waals surface area (Å²) >= 11 is 4.25. The van der Waals surface area contributed by atoms with Gasteiger partial charge in [-0.1, -0.05) is 45.4 Å². The number of aromatic nitrogens is 1. The predicted octanol–water partition coefficient (Wildman–Crippen LogP) is 4.38. The van der Waals surface area contributed by atoms with Crippen LogP contribution in [0.2, 0.25) is 0 Å². The van der Waals surface area contributed by atoms with E-state index in [-0.39, 0.29) is 0 Å². The highest BCUT2D eigenvalue weighted by Gasteiger charge is 2.18. The number of anilines is 1. The number of nitrogens with one attached hydrogen (secondary N) is 1. The number of carbonyl (C=O) groups excluding carboxylic acids is 2. The molecule has 1 N–H and O–H groups in total. The number of hydrogen-bond donors (Lipinski definition) is 2. The number of amides is 3. The zero-order valence-electron chi connectivity index (χ0n) is 20.8. The highest BCUT2D eigenvalue weighted by atomic mass is 32.1. The molecule has 35 heavy (non-hydrogen) atoms. The number of piperazine rings is 1. The molecule has 2 aromatic rings. The van der Waals surface area contributed by atoms with Crippen LogP contribution in [-0.4, -0.2) is 66.6 Å². The summed E-state index contributed by atoms with van der Waals surface area (Å²) in [7, 11) is 2.12. The molecule has 1 aromatic heterocycles. The molecular formula is C26H37N5O3S. The van der Waals surface area contributed by atoms with Crippen molar-refractivity contribution < 1.29 is 14.3 Å². The number of likely N-dealkylation sites (N-methyl/N-ethyl adjacent to an activating group) is 1. The second-order valence-corrected chi connectivity index (χ2v) is 9.35. The number of unbranched alkanes of at least 4 members (excludes halogenated alkanes) is 4. The highest BCUT2D eigenvalue weighted by molar-refractivity contribution is 7.82. The van der Waals surface area contributed by atoms with Crippen molar-refractivity contribution in [3.63, 3.8) is 0 Å². The van der Waals surface area contributed by atoms with E-state index in [0.29, 0.717) is 17.9 Å². The van der Waals surface area contributed by atoms with E-state index in [0.717, 1.165) is 54.9 Å². The largest absolute Gasteiger partial charge is 0.494 e. The molecule has 2 heterocycles. The number of pyridine rings is 1. The van der Waals surface area contributed by atoms with Crippen molar-refractivity contribution in [2.24, 2.45) is 0 Å². The van der Waals surface area contributed by atoms with Crippen LogP contribution < -0.4 is 14.4 Å². The third-order valence-corrected chi connectivity index (χ3v) is 6.49. The normalized spacial score (nSPS) is 14.5. The van der Waals surface area contributed by atoms with E-state index in [2.05, 4.69) is 46.9 Å². The Morgan fingerprint density at radius 2 is 1.74 bits per heavy atom. The number of ether oxygens (including phenoxy) is 1. The van der Waals surface area contributed by atoms with Crippen molar-refractivity contribution >= 4 is 30.4 Å². The second-order valence-electron chi connectivity index (χ2n) is 8.95. The van der Waals surface area contributed by atoms with Crippen LogP contribution >= 0.6 is 12.8 Å². The van der Waals surface area contributed by atoms with Gasteiger partial charge in [-0.25, -0.2) is 9.10 Å². The summed E-state index contributed by atoms with van der Waals surface area (Å²) in [5.74, 6) is 0.223. The summed E-state index contributed by atoms with van der Waals surface area (Å²) in [5.41, 5.74) is 1.76. The number of thiol groups is 1. The van der Waals surface area contributed by atoms with Crippen LogP contribution in [0.4, 0.5) is 10.5 Å². The topological polar surface area (TPSA) is 78.0 Å². The molecule has 9 heteroatoms. The van der Waals surface area contributed by atoms with Gasteiger partial charge in [-0.3, -0.25) is 20.0 Å². The molecule has 0 spiro atoms. The fraction of sp³-hybridized carbons (Fsp3) is 0.500. The van der Waals surface area contributed by atoms with Crippen molar-refractivity contribution in [3.8, 4) is 5.75 Å². The molecule has 190 valence electrons. The maximum atomic E-state index is 12.5. The lowest BCUT2D eigenvalue weighted by atomic mass is 10.2. The molecule has 0 atom stereocenters. The van der Waals surface area contributed by atoms with Crippen LogP contribution in [0.1, 0.15) is 55.1 Å². The summed E-state index contributed by atoms with van der Waals surface area (Å²) < 4.78 is 6.85. The summed E-state index contributed by atoms with van der Waals surface area (Å²) in [6.07, 6.45) is 7.41. The summed E-state index contributed by atoms with van der Waals surface area (Å²) in [5, 5.41) is 2.36. The monoisotopic (exact) mass is 499 g/mol. The number of nitrogens with zero attached hydrogens (tertiary/aromatic N) is 4. The van der Waals surface area contributed by atoms with Crippen molar-refractivity contribution in [1.82, 2.24) is 20.1 Å². The number of hydrogen-bond acceptors (Lipinski definition) is 7. The van der Waals surface area contributed by atoms with Gasteiger partial charge in [0.1, 0.15) is 5.75 Å². The Kier molecular flexibility index (Phi) is 10.8. The van der Waals surface area contributed by atoms with Crippen LogP contribution in [-0.2, 0) is 6.54 Å². The Morgan fingerprint density at radius 3 is 2.40 bits per heavy atom. The van der Waals surface area contributed by atoms with Gasteiger partial charge >= 0.3 is 6.03 Å². The SMILES string of the molecule is CCCCCCCOc1ccc(N(S)C(=O)NC(=O)c2ccc(CN3CCN(C)CC3)nc2)cc1. The highest BCUT2D eigenvalue weighted by Crippen LogP contribution is 2.21. The van der Waals surface area contributed by atoms with E-state index >= 15 is 0 Å². The molecule has 0 unspecified atom stereocenters. The summed E-state index contributed by atoms with van der Waals surface area (Å²) in [4.78, 5) is 34.1. The third-order valence-electron chi connectivity index (χ3n) is 6.08. The summed E-state index contributed by atoms with van der Waals surface area (Å²) in [6, 6.07) is 9.95. The van der Waals surface area contributed by atoms with Gasteiger partial charge in [0.15, 0.2) is 0 Å². The lowest BCUT2D eigenvalue weighted by molar-refractivity contribution is 0.0966. The molecule has 3 rings (SSSR count). The lowest BCUT2D eigenvalue weighted by Crippen LogP contribution is -2.44. The van der Waals surface area contributed by atoms with E-state index in [4.69, 9.17) is 4.74 Å². The van der Waals surface area contributed by atoms with Crippen molar-refractivity contribution in [2.75, 3.05) is 44.1 Å². The molecule has 0 saturated carbocycles. The second kappa shape index (κ2) is 14.1. The minimum absolute atomic E-state index is 0.324. The molecule has 0 bridgehead atoms. The van der Waals surface area contributed by atoms with Crippen LogP contribution in [0.3, 0.4) is 0 Å². The fourth-order valence-corrected chi connectivity index (χ4v) is 3.99. The van der Waals surface area contributed by atoms with Crippen LogP contribution in [0.15, 0.2) is 42.6 Å². The van der Waals surface area contributed by atoms with E-state index < -0.39 is 11.9 Å². The van der Waals surface area contributed by atoms with E-state index in [9.17, 15) is 9.59 Å². The van der Waals surface area contributed by atoms with Gasteiger partial charge in [-0.05, 0) is 49.9 Å². The molecule has 3 amide bonds. The van der Waals surface area contributed by atoms with Gasteiger partial charge in [-0.15, -0.1) is 0 Å². The third kappa shape index (κ3) is 8.83. The Bertz CT molecular complexity index is 931. The van der Waals surface area contributed by atoms with Gasteiger partial charge < -0.3 is 9.64 Å². The first kappa shape index (κ1) is 27.0. The maximum absolute atomic E-state index is 12.5. The molecule has 1 saturated heterocycles. The van der Waals surface area contributed by atoms with E-state index in [1.54, 1.807) is 30.3 Å². The Balaban J connectivity index is 1.44. The first-order chi connectivity index (χ1) is 17.0. The number of urea groups is 1. The summed E-state index contributed by atoms with van der Waals surface area (Å²) in [6.45, 7) is 7.69. The van der Waals surface area contributed by atoms with E-state index in [1.807, 2.05) is 6.07 Å². The quantitative estimate of drug-likeness (QED) is 0.353. The Labute approximate surface area is 214 Å². The lowest BCUT2D eigenvalue weighted by Gasteiger charge is -2.32. The van der Waals surface area contributed by atoms with Crippen molar-refractivity contribution in [2.45, 2.75) is 45.6 Å². The standard InChI is InChI=1S/C26H37N5O3S/c1-3-4-5-6-7-18-34-24-12-10-23(11-13-24)31(35)26(33)28-25(32)21-8-9-22(27-19-21)20-30-16-14-29(2)15-17-30/h8-13,19,35H,3-7,14-18,20H2,1-2H3,(H,28,32,33). The molecule has 1 aliphatic rings. The Morgan fingerprint density at radius 1 is 1.03 bits per heavy atom. The van der Waals surface area contributed by atoms with Crippen LogP contribution in [0.25, 0.3) is 0 Å². The molecule has 1 aliphatic heterocycles. The number of carbonyl (C=O) groups is 2. The first-order valence-electron chi connectivity index (χ1n) is 12.4. The van der Waals surface area contributed by atoms with Crippen LogP contribution in [0.5, 0.6) is 5.75 Å². The molecule has 0 radical (unpaired) electrons. The number of rotatable bonds is 11. The zero-order chi connectivity index (χ0) is 25.0. The minimum Gasteiger partial charge on any atom is -0.494 e. The smallest absolute Gasteiger partial charge is 0.338 e. The molecular weight excluding hydrogens is 462 g/mol. The molecule has 8 nitrogen and oxygen atoms in total. The first-order valence-corrected chi connectivity index (χ1v) is 12.8. The number of imide groups is 1. The van der Waals surface area contributed by atoms with Crippen LogP contribution in [0, 0.1) is 0 Å². The maximum Gasteiger partial charge on any atom is 0.338 e. The molecule has 0 aliphatic carbocycles. The minimum atomic E-state index is -0.635. The predicted molar refractivity (Wildman–Crippen MR) is 142 cm³/mol. The fourth-order valence-electron chi connectivity index (χ4n) is 3.81. The van der Waals surface area contributed by atoms with Gasteiger partial charge in [0.2, 0.25) is 0 Å². The van der Waals surface area contributed by atoms with Gasteiger partial charge in [-0.2, -0.15) is 0 Å². The Hall–Kier alpha value is -2.62. The average molecular weight is 500 g/mol. The molecule has 1 fully saturated rings. The van der Waals surface area contributed by atoms with Gasteiger partial charge in [0, 0.05) is 38.9 Å². The van der Waals surface area contributed by atoms with Crippen molar-refractivity contribution in [3.05, 3.63) is 53.9 Å². The van der Waals surface area contributed by atoms with Gasteiger partial charge in [0.25, 0.3) is 5.91 Å². The zero-order valence-corrected chi connectivity index (χ0v) is 21.7. The van der Waals surface area contributed by atoms with E-state index in [1.165, 1.54) is 31.9 Å².